The molecule has 3 aromatic rings. The lowest BCUT2D eigenvalue weighted by atomic mass is 10.0. The fourth-order valence-electron chi connectivity index (χ4n) is 3.92. The predicted octanol–water partition coefficient (Wildman–Crippen LogP) is 5.80. The van der Waals surface area contributed by atoms with E-state index in [2.05, 4.69) is 48.4 Å². The van der Waals surface area contributed by atoms with Gasteiger partial charge >= 0.3 is 0 Å². The van der Waals surface area contributed by atoms with Crippen LogP contribution in [0.15, 0.2) is 63.9 Å². The van der Waals surface area contributed by atoms with E-state index in [1.165, 1.54) is 16.9 Å². The third kappa shape index (κ3) is 5.69. The van der Waals surface area contributed by atoms with Gasteiger partial charge in [0, 0.05) is 24.0 Å². The van der Waals surface area contributed by atoms with Gasteiger partial charge in [-0.05, 0) is 47.9 Å². The van der Waals surface area contributed by atoms with E-state index in [1.54, 1.807) is 28.7 Å². The van der Waals surface area contributed by atoms with Gasteiger partial charge in [-0.15, -0.1) is 11.3 Å². The van der Waals surface area contributed by atoms with Crippen molar-refractivity contribution in [3.05, 3.63) is 65.0 Å². The van der Waals surface area contributed by atoms with Gasteiger partial charge in [0.1, 0.15) is 0 Å². The Hall–Kier alpha value is -2.55. The zero-order valence-electron chi connectivity index (χ0n) is 19.2. The van der Waals surface area contributed by atoms with Gasteiger partial charge in [0.05, 0.1) is 16.8 Å². The van der Waals surface area contributed by atoms with Crippen LogP contribution in [-0.4, -0.2) is 37.0 Å². The number of nitrogens with one attached hydrogen (secondary N) is 1. The SMILES string of the molecule is CC1CCCN(S(=O)(=O)c2cccc(-c3csc(N/N=C/c4ccc(C(C)C)cc4)n3)c2)C1. The van der Waals surface area contributed by atoms with E-state index in [0.29, 0.717) is 35.0 Å². The van der Waals surface area contributed by atoms with Crippen LogP contribution in [0.1, 0.15) is 50.7 Å². The summed E-state index contributed by atoms with van der Waals surface area (Å²) in [6, 6.07) is 15.4. The number of piperidine rings is 1. The number of benzene rings is 2. The molecule has 6 nitrogen and oxygen atoms in total. The number of hydrazone groups is 1. The molecule has 0 amide bonds. The van der Waals surface area contributed by atoms with Gasteiger partial charge in [-0.2, -0.15) is 9.41 Å². The second kappa shape index (κ2) is 10.2. The van der Waals surface area contributed by atoms with Gasteiger partial charge < -0.3 is 0 Å². The molecule has 0 saturated carbocycles. The first-order chi connectivity index (χ1) is 15.8. The number of sulfonamides is 1. The molecule has 2 heterocycles. The van der Waals surface area contributed by atoms with Crippen LogP contribution in [0.25, 0.3) is 11.3 Å². The van der Waals surface area contributed by atoms with Gasteiger partial charge in [0.15, 0.2) is 0 Å². The first-order valence-corrected chi connectivity index (χ1v) is 13.6. The minimum absolute atomic E-state index is 0.319. The summed E-state index contributed by atoms with van der Waals surface area (Å²) in [6.07, 6.45) is 3.74. The van der Waals surface area contributed by atoms with Gasteiger partial charge in [0.2, 0.25) is 15.2 Å². The molecule has 1 atom stereocenters. The fourth-order valence-corrected chi connectivity index (χ4v) is 6.23. The van der Waals surface area contributed by atoms with Crippen molar-refractivity contribution in [2.24, 2.45) is 11.0 Å². The fraction of sp³-hybridized carbons (Fsp3) is 0.360. The van der Waals surface area contributed by atoms with E-state index in [0.717, 1.165) is 29.7 Å². The number of hydrogen-bond acceptors (Lipinski definition) is 6. The van der Waals surface area contributed by atoms with Crippen LogP contribution in [0.4, 0.5) is 5.13 Å². The Bertz CT molecular complexity index is 1220. The summed E-state index contributed by atoms with van der Waals surface area (Å²) in [6.45, 7) is 7.61. The molecule has 0 spiro atoms. The number of nitrogens with zero attached hydrogens (tertiary/aromatic N) is 3. The molecule has 1 N–H and O–H groups in total. The number of aromatic nitrogens is 1. The summed E-state index contributed by atoms with van der Waals surface area (Å²) < 4.78 is 27.9. The molecule has 1 aliphatic rings. The molecule has 174 valence electrons. The molecule has 4 rings (SSSR count). The van der Waals surface area contributed by atoms with Crippen LogP contribution in [-0.2, 0) is 10.0 Å². The average molecular weight is 483 g/mol. The quantitative estimate of drug-likeness (QED) is 0.341. The number of thiazole rings is 1. The molecule has 33 heavy (non-hydrogen) atoms. The number of hydrogen-bond donors (Lipinski definition) is 1. The van der Waals surface area contributed by atoms with Gasteiger partial charge in [0.25, 0.3) is 0 Å². The van der Waals surface area contributed by atoms with Crippen LogP contribution in [0.5, 0.6) is 0 Å². The maximum Gasteiger partial charge on any atom is 0.243 e. The Morgan fingerprint density at radius 1 is 1.21 bits per heavy atom. The Morgan fingerprint density at radius 2 is 2.00 bits per heavy atom. The first-order valence-electron chi connectivity index (χ1n) is 11.3. The molecule has 8 heteroatoms. The Morgan fingerprint density at radius 3 is 2.73 bits per heavy atom. The summed E-state index contributed by atoms with van der Waals surface area (Å²) >= 11 is 1.43. The molecule has 1 unspecified atom stereocenters. The van der Waals surface area contributed by atoms with Gasteiger partial charge in [-0.1, -0.05) is 57.2 Å². The monoisotopic (exact) mass is 482 g/mol. The van der Waals surface area contributed by atoms with E-state index in [9.17, 15) is 8.42 Å². The van der Waals surface area contributed by atoms with Crippen LogP contribution < -0.4 is 5.43 Å². The van der Waals surface area contributed by atoms with Crippen LogP contribution >= 0.6 is 11.3 Å². The van der Waals surface area contributed by atoms with E-state index in [1.807, 2.05) is 23.6 Å². The minimum atomic E-state index is -3.50. The van der Waals surface area contributed by atoms with E-state index >= 15 is 0 Å². The van der Waals surface area contributed by atoms with Gasteiger partial charge in [-0.3, -0.25) is 5.43 Å². The average Bonchev–Trinajstić information content (AvgIpc) is 3.28. The van der Waals surface area contributed by atoms with Crippen molar-refractivity contribution < 1.29 is 8.42 Å². The van der Waals surface area contributed by atoms with Crippen molar-refractivity contribution >= 4 is 32.7 Å². The normalized spacial score (nSPS) is 17.6. The summed E-state index contributed by atoms with van der Waals surface area (Å²) in [7, 11) is -3.50. The van der Waals surface area contributed by atoms with E-state index in [4.69, 9.17) is 0 Å². The molecular weight excluding hydrogens is 452 g/mol. The van der Waals surface area contributed by atoms with Crippen LogP contribution in [0.3, 0.4) is 0 Å². The second-order valence-electron chi connectivity index (χ2n) is 8.87. The lowest BCUT2D eigenvalue weighted by molar-refractivity contribution is 0.281. The molecule has 1 aliphatic heterocycles. The van der Waals surface area contributed by atoms with Crippen molar-refractivity contribution in [3.63, 3.8) is 0 Å². The maximum atomic E-state index is 13.1. The standard InChI is InChI=1S/C25H30N4O2S2/c1-18(2)21-11-9-20(10-12-21)15-26-28-25-27-24(17-32-25)22-7-4-8-23(14-22)33(30,31)29-13-5-6-19(3)16-29/h4,7-12,14-15,17-19H,5-6,13,16H2,1-3H3,(H,27,28)/b26-15+. The second-order valence-corrected chi connectivity index (χ2v) is 11.7. The zero-order valence-corrected chi connectivity index (χ0v) is 20.9. The smallest absolute Gasteiger partial charge is 0.243 e. The molecule has 1 saturated heterocycles. The van der Waals surface area contributed by atoms with Crippen molar-refractivity contribution in [2.45, 2.75) is 44.4 Å². The lowest BCUT2D eigenvalue weighted by Crippen LogP contribution is -2.39. The highest BCUT2D eigenvalue weighted by Crippen LogP contribution is 2.29. The Kier molecular flexibility index (Phi) is 7.26. The minimum Gasteiger partial charge on any atom is -0.253 e. The molecule has 0 aliphatic carbocycles. The third-order valence-electron chi connectivity index (χ3n) is 5.87. The summed E-state index contributed by atoms with van der Waals surface area (Å²) in [5.74, 6) is 0.886. The summed E-state index contributed by atoms with van der Waals surface area (Å²) in [4.78, 5) is 4.90. The third-order valence-corrected chi connectivity index (χ3v) is 8.48. The highest BCUT2D eigenvalue weighted by molar-refractivity contribution is 7.89. The Balaban J connectivity index is 1.45. The molecule has 0 bridgehead atoms. The van der Waals surface area contributed by atoms with Crippen molar-refractivity contribution in [1.82, 2.24) is 9.29 Å². The number of anilines is 1. The summed E-state index contributed by atoms with van der Waals surface area (Å²) in [5, 5.41) is 6.85. The highest BCUT2D eigenvalue weighted by atomic mass is 32.2. The van der Waals surface area contributed by atoms with E-state index in [-0.39, 0.29) is 0 Å². The largest absolute Gasteiger partial charge is 0.253 e. The topological polar surface area (TPSA) is 74.7 Å². The maximum absolute atomic E-state index is 13.1. The molecular formula is C25H30N4O2S2. The Labute approximate surface area is 200 Å². The molecule has 1 fully saturated rings. The number of rotatable bonds is 7. The lowest BCUT2D eigenvalue weighted by Gasteiger charge is -2.30. The predicted molar refractivity (Wildman–Crippen MR) is 136 cm³/mol. The molecule has 1 aromatic heterocycles. The summed E-state index contributed by atoms with van der Waals surface area (Å²) in [5.41, 5.74) is 6.78. The van der Waals surface area contributed by atoms with Crippen molar-refractivity contribution in [3.8, 4) is 11.3 Å². The van der Waals surface area contributed by atoms with Crippen molar-refractivity contribution in [2.75, 3.05) is 18.5 Å². The van der Waals surface area contributed by atoms with Crippen LogP contribution in [0, 0.1) is 5.92 Å². The van der Waals surface area contributed by atoms with Crippen molar-refractivity contribution in [1.29, 1.82) is 0 Å². The highest BCUT2D eigenvalue weighted by Gasteiger charge is 2.28. The zero-order chi connectivity index (χ0) is 23.4. The van der Waals surface area contributed by atoms with Crippen LogP contribution in [0.2, 0.25) is 0 Å². The molecule has 2 aromatic carbocycles. The van der Waals surface area contributed by atoms with Gasteiger partial charge in [-0.25, -0.2) is 13.4 Å². The first kappa shape index (κ1) is 23.6. The van der Waals surface area contributed by atoms with E-state index < -0.39 is 10.0 Å². The molecule has 0 radical (unpaired) electrons.